The smallest absolute Gasteiger partial charge is 0.313 e. The quantitative estimate of drug-likeness (QED) is 0.562. The van der Waals surface area contributed by atoms with Crippen LogP contribution in [0.2, 0.25) is 0 Å². The minimum Gasteiger partial charge on any atom is -0.323 e. The van der Waals surface area contributed by atoms with Crippen LogP contribution in [-0.4, -0.2) is 19.6 Å². The Morgan fingerprint density at radius 1 is 1.26 bits per heavy atom. The number of nitrogens with zero attached hydrogens (tertiary/aromatic N) is 2. The van der Waals surface area contributed by atoms with Crippen LogP contribution in [0, 0.1) is 0 Å². The van der Waals surface area contributed by atoms with Gasteiger partial charge in [0.05, 0.1) is 4.70 Å². The molecule has 3 aromatic rings. The molecule has 1 aromatic carbocycles. The molecule has 0 amide bonds. The summed E-state index contributed by atoms with van der Waals surface area (Å²) in [5.41, 5.74) is 0.301. The van der Waals surface area contributed by atoms with E-state index < -0.39 is 11.1 Å². The molecule has 0 saturated heterocycles. The number of aromatic amines is 2. The van der Waals surface area contributed by atoms with Gasteiger partial charge in [0, 0.05) is 22.5 Å². The van der Waals surface area contributed by atoms with Crippen LogP contribution >= 0.6 is 23.3 Å². The normalized spacial score (nSPS) is 10.9. The Balaban J connectivity index is 1.79. The van der Waals surface area contributed by atoms with Gasteiger partial charge in [-0.05, 0) is 29.7 Å². The molecule has 6 nitrogen and oxygen atoms in total. The lowest BCUT2D eigenvalue weighted by atomic mass is 10.3. The molecule has 0 bridgehead atoms. The Labute approximate surface area is 115 Å². The van der Waals surface area contributed by atoms with E-state index >= 15 is 0 Å². The first-order valence-corrected chi connectivity index (χ1v) is 7.14. The van der Waals surface area contributed by atoms with E-state index in [4.69, 9.17) is 0 Å². The molecule has 0 fully saturated rings. The van der Waals surface area contributed by atoms with Crippen LogP contribution in [0.4, 0.5) is 0 Å². The van der Waals surface area contributed by atoms with Gasteiger partial charge in [0.1, 0.15) is 5.52 Å². The fourth-order valence-corrected chi connectivity index (χ4v) is 3.06. The summed E-state index contributed by atoms with van der Waals surface area (Å²) < 4.78 is 4.90. The van der Waals surface area contributed by atoms with Crippen LogP contribution in [0.25, 0.3) is 10.2 Å². The summed E-state index contributed by atoms with van der Waals surface area (Å²) in [6.45, 7) is 0. The number of benzene rings is 1. The average molecular weight is 292 g/mol. The van der Waals surface area contributed by atoms with Gasteiger partial charge in [-0.25, -0.2) is 0 Å². The van der Waals surface area contributed by atoms with E-state index in [1.54, 1.807) is 11.8 Å². The third-order valence-corrected chi connectivity index (χ3v) is 4.20. The summed E-state index contributed by atoms with van der Waals surface area (Å²) in [5.74, 6) is 0.573. The second kappa shape index (κ2) is 4.98. The number of hydrogen-bond donors (Lipinski definition) is 2. The van der Waals surface area contributed by atoms with E-state index in [2.05, 4.69) is 19.6 Å². The standard InChI is InChI=1S/C11H8N4O2S2/c16-10-11(17)13-6(4-12-10)5-18-7-1-2-8-9(3-7)19-15-14-8/h1-4H,5H2,(H,12,16)(H,13,17). The number of aromatic nitrogens is 4. The van der Waals surface area contributed by atoms with Gasteiger partial charge in [0.2, 0.25) is 0 Å². The summed E-state index contributed by atoms with van der Waals surface area (Å²) in [7, 11) is 0. The van der Waals surface area contributed by atoms with Gasteiger partial charge in [-0.15, -0.1) is 16.9 Å². The van der Waals surface area contributed by atoms with E-state index in [1.165, 1.54) is 17.7 Å². The number of H-pyrrole nitrogens is 2. The average Bonchev–Trinajstić information content (AvgIpc) is 2.87. The maximum absolute atomic E-state index is 11.2. The van der Waals surface area contributed by atoms with Gasteiger partial charge in [-0.2, -0.15) is 0 Å². The molecule has 2 heterocycles. The highest BCUT2D eigenvalue weighted by Gasteiger charge is 2.02. The number of fused-ring (bicyclic) bond motifs is 1. The zero-order chi connectivity index (χ0) is 13.2. The second-order valence-corrected chi connectivity index (χ2v) is 5.62. The molecule has 0 saturated carbocycles. The SMILES string of the molecule is O=c1[nH]cc(CSc2ccc3nnsc3c2)[nH]c1=O. The van der Waals surface area contributed by atoms with Crippen molar-refractivity contribution in [3.05, 3.63) is 50.8 Å². The molecule has 2 aromatic heterocycles. The van der Waals surface area contributed by atoms with E-state index in [0.717, 1.165) is 15.1 Å². The van der Waals surface area contributed by atoms with Crippen LogP contribution < -0.4 is 11.1 Å². The van der Waals surface area contributed by atoms with E-state index in [0.29, 0.717) is 11.4 Å². The Morgan fingerprint density at radius 2 is 2.16 bits per heavy atom. The van der Waals surface area contributed by atoms with Crippen molar-refractivity contribution < 1.29 is 0 Å². The highest BCUT2D eigenvalue weighted by atomic mass is 32.2. The lowest BCUT2D eigenvalue weighted by molar-refractivity contribution is 1.01. The molecular formula is C11H8N4O2S2. The fourth-order valence-electron chi connectivity index (χ4n) is 1.54. The topological polar surface area (TPSA) is 91.5 Å². The first-order chi connectivity index (χ1) is 9.22. The van der Waals surface area contributed by atoms with Crippen LogP contribution in [0.5, 0.6) is 0 Å². The molecule has 0 aliphatic heterocycles. The molecule has 2 N–H and O–H groups in total. The van der Waals surface area contributed by atoms with Crippen LogP contribution in [-0.2, 0) is 5.75 Å². The van der Waals surface area contributed by atoms with Gasteiger partial charge >= 0.3 is 11.1 Å². The maximum atomic E-state index is 11.2. The summed E-state index contributed by atoms with van der Waals surface area (Å²) in [6, 6.07) is 5.88. The highest BCUT2D eigenvalue weighted by molar-refractivity contribution is 7.98. The van der Waals surface area contributed by atoms with Crippen molar-refractivity contribution in [2.24, 2.45) is 0 Å². The molecule has 3 rings (SSSR count). The minimum atomic E-state index is -0.633. The predicted octanol–water partition coefficient (Wildman–Crippen LogP) is 1.36. The van der Waals surface area contributed by atoms with Gasteiger partial charge < -0.3 is 9.97 Å². The molecule has 0 aliphatic rings. The van der Waals surface area contributed by atoms with Crippen molar-refractivity contribution >= 4 is 33.5 Å². The molecule has 0 spiro atoms. The predicted molar refractivity (Wildman–Crippen MR) is 74.7 cm³/mol. The molecule has 0 radical (unpaired) electrons. The number of nitrogens with one attached hydrogen (secondary N) is 2. The maximum Gasteiger partial charge on any atom is 0.313 e. The van der Waals surface area contributed by atoms with Crippen molar-refractivity contribution in [2.45, 2.75) is 10.6 Å². The summed E-state index contributed by atoms with van der Waals surface area (Å²) in [4.78, 5) is 28.1. The van der Waals surface area contributed by atoms with Crippen LogP contribution in [0.1, 0.15) is 5.69 Å². The van der Waals surface area contributed by atoms with Crippen molar-refractivity contribution in [3.8, 4) is 0 Å². The van der Waals surface area contributed by atoms with Gasteiger partial charge in [0.25, 0.3) is 0 Å². The van der Waals surface area contributed by atoms with Gasteiger partial charge in [-0.1, -0.05) is 4.49 Å². The molecule has 0 unspecified atom stereocenters. The zero-order valence-corrected chi connectivity index (χ0v) is 11.2. The monoisotopic (exact) mass is 292 g/mol. The lowest BCUT2D eigenvalue weighted by Gasteiger charge is -2.01. The van der Waals surface area contributed by atoms with Crippen LogP contribution in [0.3, 0.4) is 0 Å². The summed E-state index contributed by atoms with van der Waals surface area (Å²) >= 11 is 2.91. The van der Waals surface area contributed by atoms with Crippen LogP contribution in [0.15, 0.2) is 38.9 Å². The minimum absolute atomic E-state index is 0.573. The molecule has 0 atom stereocenters. The van der Waals surface area contributed by atoms with E-state index in [-0.39, 0.29) is 0 Å². The van der Waals surface area contributed by atoms with Crippen molar-refractivity contribution in [1.29, 1.82) is 0 Å². The third kappa shape index (κ3) is 2.59. The Bertz CT molecular complexity index is 836. The van der Waals surface area contributed by atoms with E-state index in [9.17, 15) is 9.59 Å². The molecule has 0 aliphatic carbocycles. The van der Waals surface area contributed by atoms with Crippen molar-refractivity contribution in [1.82, 2.24) is 19.6 Å². The summed E-state index contributed by atoms with van der Waals surface area (Å²) in [5, 5.41) is 3.97. The Hall–Kier alpha value is -1.93. The zero-order valence-electron chi connectivity index (χ0n) is 9.54. The van der Waals surface area contributed by atoms with Crippen molar-refractivity contribution in [2.75, 3.05) is 0 Å². The third-order valence-electron chi connectivity index (χ3n) is 2.47. The lowest BCUT2D eigenvalue weighted by Crippen LogP contribution is -2.29. The number of thioether (sulfide) groups is 1. The van der Waals surface area contributed by atoms with Gasteiger partial charge in [-0.3, -0.25) is 9.59 Å². The Kier molecular flexibility index (Phi) is 3.18. The fraction of sp³-hybridized carbons (Fsp3) is 0.0909. The number of hydrogen-bond acceptors (Lipinski definition) is 6. The molecule has 96 valence electrons. The van der Waals surface area contributed by atoms with Gasteiger partial charge in [0.15, 0.2) is 0 Å². The largest absolute Gasteiger partial charge is 0.323 e. The second-order valence-electron chi connectivity index (χ2n) is 3.79. The first kappa shape index (κ1) is 12.1. The molecular weight excluding hydrogens is 284 g/mol. The molecule has 19 heavy (non-hydrogen) atoms. The Morgan fingerprint density at radius 3 is 3.00 bits per heavy atom. The molecule has 8 heteroatoms. The number of rotatable bonds is 3. The highest BCUT2D eigenvalue weighted by Crippen LogP contribution is 2.26. The summed E-state index contributed by atoms with van der Waals surface area (Å²) in [6.07, 6.45) is 1.52. The van der Waals surface area contributed by atoms with E-state index in [1.807, 2.05) is 18.2 Å². The van der Waals surface area contributed by atoms with Crippen molar-refractivity contribution in [3.63, 3.8) is 0 Å². The first-order valence-electron chi connectivity index (χ1n) is 5.38.